The molecule has 3 rings (SSSR count). The monoisotopic (exact) mass is 378 g/mol. The number of pyridine rings is 1. The fourth-order valence-electron chi connectivity index (χ4n) is 2.21. The third-order valence-corrected chi connectivity index (χ3v) is 6.23. The first-order valence-electron chi connectivity index (χ1n) is 7.21. The van der Waals surface area contributed by atoms with E-state index in [4.69, 9.17) is 11.6 Å². The standard InChI is InChI=1S/C17H15ClN2O2S2/c1-12-6-7-14(10-15(12)18)24(21,22)20-11-13-4-2-8-19-17(13)16-5-3-9-23-16/h2-10,20H,11H2,1H3. The van der Waals surface area contributed by atoms with Crippen LogP contribution in [-0.2, 0) is 16.6 Å². The van der Waals surface area contributed by atoms with Crippen molar-refractivity contribution in [3.63, 3.8) is 0 Å². The van der Waals surface area contributed by atoms with Crippen molar-refractivity contribution in [2.75, 3.05) is 0 Å². The second-order valence-corrected chi connectivity index (χ2v) is 8.35. The van der Waals surface area contributed by atoms with Crippen molar-refractivity contribution >= 4 is 33.0 Å². The third kappa shape index (κ3) is 3.67. The molecule has 124 valence electrons. The normalized spacial score (nSPS) is 11.6. The zero-order chi connectivity index (χ0) is 17.2. The van der Waals surface area contributed by atoms with E-state index in [2.05, 4.69) is 9.71 Å². The Labute approximate surface area is 150 Å². The van der Waals surface area contributed by atoms with Crippen molar-refractivity contribution < 1.29 is 8.42 Å². The molecule has 0 unspecified atom stereocenters. The molecule has 0 aliphatic carbocycles. The second kappa shape index (κ2) is 7.03. The highest BCUT2D eigenvalue weighted by Gasteiger charge is 2.16. The van der Waals surface area contributed by atoms with Gasteiger partial charge in [-0.2, -0.15) is 0 Å². The van der Waals surface area contributed by atoms with Crippen molar-refractivity contribution in [2.45, 2.75) is 18.4 Å². The summed E-state index contributed by atoms with van der Waals surface area (Å²) >= 11 is 7.60. The zero-order valence-electron chi connectivity index (χ0n) is 12.9. The molecule has 0 bridgehead atoms. The van der Waals surface area contributed by atoms with E-state index in [1.165, 1.54) is 6.07 Å². The summed E-state index contributed by atoms with van der Waals surface area (Å²) in [4.78, 5) is 5.53. The van der Waals surface area contributed by atoms with Gasteiger partial charge in [-0.25, -0.2) is 13.1 Å². The minimum absolute atomic E-state index is 0.152. The van der Waals surface area contributed by atoms with Gasteiger partial charge >= 0.3 is 0 Å². The molecule has 0 amide bonds. The van der Waals surface area contributed by atoms with E-state index in [1.807, 2.05) is 30.5 Å². The molecule has 3 aromatic rings. The first-order valence-corrected chi connectivity index (χ1v) is 9.95. The van der Waals surface area contributed by atoms with Crippen LogP contribution < -0.4 is 4.72 Å². The SMILES string of the molecule is Cc1ccc(S(=O)(=O)NCc2cccnc2-c2cccs2)cc1Cl. The molecule has 0 aliphatic rings. The molecule has 2 aromatic heterocycles. The maximum Gasteiger partial charge on any atom is 0.240 e. The van der Waals surface area contributed by atoms with Crippen molar-refractivity contribution in [1.82, 2.24) is 9.71 Å². The molecule has 4 nitrogen and oxygen atoms in total. The van der Waals surface area contributed by atoms with Crippen LogP contribution in [-0.4, -0.2) is 13.4 Å². The number of aromatic nitrogens is 1. The first-order chi connectivity index (χ1) is 11.5. The number of aryl methyl sites for hydroxylation is 1. The summed E-state index contributed by atoms with van der Waals surface area (Å²) < 4.78 is 27.6. The molecular weight excluding hydrogens is 364 g/mol. The molecule has 0 aliphatic heterocycles. The minimum atomic E-state index is -3.64. The molecule has 7 heteroatoms. The maximum atomic E-state index is 12.5. The average Bonchev–Trinajstić information content (AvgIpc) is 3.10. The van der Waals surface area contributed by atoms with Gasteiger partial charge in [-0.3, -0.25) is 4.98 Å². The molecule has 0 radical (unpaired) electrons. The molecule has 0 atom stereocenters. The summed E-state index contributed by atoms with van der Waals surface area (Å²) in [6.07, 6.45) is 1.70. The van der Waals surface area contributed by atoms with Gasteiger partial charge in [0.25, 0.3) is 0 Å². The summed E-state index contributed by atoms with van der Waals surface area (Å²) in [5.41, 5.74) is 2.45. The minimum Gasteiger partial charge on any atom is -0.255 e. The summed E-state index contributed by atoms with van der Waals surface area (Å²) in [5, 5.41) is 2.39. The van der Waals surface area contributed by atoms with Crippen LogP contribution in [0.15, 0.2) is 58.9 Å². The van der Waals surface area contributed by atoms with Crippen LogP contribution in [0.25, 0.3) is 10.6 Å². The van der Waals surface area contributed by atoms with E-state index < -0.39 is 10.0 Å². The number of benzene rings is 1. The average molecular weight is 379 g/mol. The summed E-state index contributed by atoms with van der Waals surface area (Å²) in [6, 6.07) is 12.3. The smallest absolute Gasteiger partial charge is 0.240 e. The van der Waals surface area contributed by atoms with Crippen LogP contribution in [0.1, 0.15) is 11.1 Å². The predicted octanol–water partition coefficient (Wildman–Crippen LogP) is 4.25. The number of sulfonamides is 1. The summed E-state index contributed by atoms with van der Waals surface area (Å²) in [5.74, 6) is 0. The molecule has 1 aromatic carbocycles. The van der Waals surface area contributed by atoms with Gasteiger partial charge in [0.1, 0.15) is 0 Å². The Morgan fingerprint density at radius 1 is 1.21 bits per heavy atom. The highest BCUT2D eigenvalue weighted by molar-refractivity contribution is 7.89. The lowest BCUT2D eigenvalue weighted by molar-refractivity contribution is 0.581. The molecule has 24 heavy (non-hydrogen) atoms. The lowest BCUT2D eigenvalue weighted by Crippen LogP contribution is -2.23. The lowest BCUT2D eigenvalue weighted by atomic mass is 10.2. The van der Waals surface area contributed by atoms with Crippen molar-refractivity contribution in [3.05, 3.63) is 70.2 Å². The Morgan fingerprint density at radius 3 is 2.75 bits per heavy atom. The Balaban J connectivity index is 1.84. The topological polar surface area (TPSA) is 59.1 Å². The number of hydrogen-bond donors (Lipinski definition) is 1. The Morgan fingerprint density at radius 2 is 2.04 bits per heavy atom. The Hall–Kier alpha value is -1.73. The fraction of sp³-hybridized carbons (Fsp3) is 0.118. The molecule has 0 saturated carbocycles. The van der Waals surface area contributed by atoms with Crippen LogP contribution in [0, 0.1) is 6.92 Å². The van der Waals surface area contributed by atoms with E-state index in [9.17, 15) is 8.42 Å². The number of thiophene rings is 1. The van der Waals surface area contributed by atoms with Gasteiger partial charge in [-0.05, 0) is 47.7 Å². The van der Waals surface area contributed by atoms with E-state index in [-0.39, 0.29) is 11.4 Å². The lowest BCUT2D eigenvalue weighted by Gasteiger charge is -2.10. The molecule has 0 saturated heterocycles. The number of nitrogens with zero attached hydrogens (tertiary/aromatic N) is 1. The van der Waals surface area contributed by atoms with E-state index in [0.29, 0.717) is 5.02 Å². The van der Waals surface area contributed by atoms with Gasteiger partial charge in [-0.1, -0.05) is 29.8 Å². The van der Waals surface area contributed by atoms with Gasteiger partial charge in [0, 0.05) is 17.8 Å². The van der Waals surface area contributed by atoms with Gasteiger partial charge < -0.3 is 0 Å². The summed E-state index contributed by atoms with van der Waals surface area (Å²) in [7, 11) is -3.64. The highest BCUT2D eigenvalue weighted by atomic mass is 35.5. The Kier molecular flexibility index (Phi) is 5.01. The number of nitrogens with one attached hydrogen (secondary N) is 1. The van der Waals surface area contributed by atoms with Crippen molar-refractivity contribution in [2.24, 2.45) is 0 Å². The van der Waals surface area contributed by atoms with Crippen LogP contribution >= 0.6 is 22.9 Å². The maximum absolute atomic E-state index is 12.5. The van der Waals surface area contributed by atoms with E-state index in [1.54, 1.807) is 35.7 Å². The van der Waals surface area contributed by atoms with Gasteiger partial charge in [-0.15, -0.1) is 11.3 Å². The number of hydrogen-bond acceptors (Lipinski definition) is 4. The van der Waals surface area contributed by atoms with E-state index in [0.717, 1.165) is 21.7 Å². The van der Waals surface area contributed by atoms with Crippen LogP contribution in [0.5, 0.6) is 0 Å². The van der Waals surface area contributed by atoms with Crippen molar-refractivity contribution in [3.8, 4) is 10.6 Å². The Bertz CT molecular complexity index is 954. The second-order valence-electron chi connectivity index (χ2n) is 5.22. The summed E-state index contributed by atoms with van der Waals surface area (Å²) in [6.45, 7) is 1.99. The molecule has 0 fully saturated rings. The van der Waals surface area contributed by atoms with Crippen LogP contribution in [0.2, 0.25) is 5.02 Å². The molecule has 2 heterocycles. The molecular formula is C17H15ClN2O2S2. The third-order valence-electron chi connectivity index (χ3n) is 3.55. The van der Waals surface area contributed by atoms with Crippen molar-refractivity contribution in [1.29, 1.82) is 0 Å². The zero-order valence-corrected chi connectivity index (χ0v) is 15.3. The van der Waals surface area contributed by atoms with Gasteiger partial charge in [0.15, 0.2) is 0 Å². The van der Waals surface area contributed by atoms with Gasteiger partial charge in [0.2, 0.25) is 10.0 Å². The highest BCUT2D eigenvalue weighted by Crippen LogP contribution is 2.26. The van der Waals surface area contributed by atoms with Crippen LogP contribution in [0.4, 0.5) is 0 Å². The van der Waals surface area contributed by atoms with Gasteiger partial charge in [0.05, 0.1) is 15.5 Å². The largest absolute Gasteiger partial charge is 0.255 e. The molecule has 1 N–H and O–H groups in total. The fourth-order valence-corrected chi connectivity index (χ4v) is 4.25. The van der Waals surface area contributed by atoms with Crippen LogP contribution in [0.3, 0.4) is 0 Å². The quantitative estimate of drug-likeness (QED) is 0.722. The predicted molar refractivity (Wildman–Crippen MR) is 97.8 cm³/mol. The molecule has 0 spiro atoms. The van der Waals surface area contributed by atoms with E-state index >= 15 is 0 Å². The number of rotatable bonds is 5. The number of halogens is 1. The first kappa shape index (κ1) is 17.1.